The summed E-state index contributed by atoms with van der Waals surface area (Å²) in [6.07, 6.45) is 5.00. The molecule has 0 bridgehead atoms. The molecule has 1 aliphatic carbocycles. The lowest BCUT2D eigenvalue weighted by atomic mass is 9.92. The summed E-state index contributed by atoms with van der Waals surface area (Å²) in [7, 11) is -3.85. The summed E-state index contributed by atoms with van der Waals surface area (Å²) in [6.45, 7) is 0. The van der Waals surface area contributed by atoms with Crippen LogP contribution in [0.4, 0.5) is 0 Å². The van der Waals surface area contributed by atoms with Crippen LogP contribution in [-0.2, 0) is 9.09 Å². The quantitative estimate of drug-likeness (QED) is 0.303. The number of benzene rings is 4. The summed E-state index contributed by atoms with van der Waals surface area (Å²) in [4.78, 5) is 0. The van der Waals surface area contributed by atoms with Crippen molar-refractivity contribution < 1.29 is 18.1 Å². The first kappa shape index (κ1) is 18.9. The van der Waals surface area contributed by atoms with Crippen molar-refractivity contribution in [3.05, 3.63) is 72.8 Å². The molecule has 1 fully saturated rings. The van der Waals surface area contributed by atoms with Crippen molar-refractivity contribution in [1.82, 2.24) is 0 Å². The van der Waals surface area contributed by atoms with Gasteiger partial charge in [0.2, 0.25) is 0 Å². The Morgan fingerprint density at radius 1 is 0.677 bits per heavy atom. The van der Waals surface area contributed by atoms with E-state index in [0.29, 0.717) is 11.5 Å². The predicted molar refractivity (Wildman–Crippen MR) is 124 cm³/mol. The maximum Gasteiger partial charge on any atom is 0.587 e. The molecule has 0 radical (unpaired) electrons. The highest BCUT2D eigenvalue weighted by molar-refractivity contribution is 7.49. The molecule has 1 aliphatic heterocycles. The fraction of sp³-hybridized carbons (Fsp3) is 0.231. The molecule has 1 heterocycles. The number of phosphoric acid groups is 1. The number of hydrogen-bond donors (Lipinski definition) is 0. The van der Waals surface area contributed by atoms with Crippen LogP contribution in [-0.4, -0.2) is 6.10 Å². The summed E-state index contributed by atoms with van der Waals surface area (Å²) in [6, 6.07) is 24.1. The molecule has 2 aliphatic rings. The van der Waals surface area contributed by atoms with Crippen LogP contribution in [0.3, 0.4) is 0 Å². The molecule has 0 aromatic heterocycles. The Kier molecular flexibility index (Phi) is 4.52. The molecule has 4 aromatic carbocycles. The zero-order chi connectivity index (χ0) is 20.8. The Hall–Kier alpha value is -2.81. The number of phosphoric ester groups is 1. The van der Waals surface area contributed by atoms with Crippen molar-refractivity contribution >= 4 is 29.4 Å². The van der Waals surface area contributed by atoms with Gasteiger partial charge in [0, 0.05) is 11.1 Å². The van der Waals surface area contributed by atoms with E-state index in [4.69, 9.17) is 13.6 Å². The van der Waals surface area contributed by atoms with E-state index in [1.807, 2.05) is 48.5 Å². The molecule has 5 heteroatoms. The van der Waals surface area contributed by atoms with Crippen LogP contribution in [0.5, 0.6) is 11.5 Å². The first-order valence-corrected chi connectivity index (χ1v) is 12.4. The van der Waals surface area contributed by atoms with Gasteiger partial charge in [-0.25, -0.2) is 4.57 Å². The summed E-state index contributed by atoms with van der Waals surface area (Å²) < 4.78 is 32.1. The van der Waals surface area contributed by atoms with Crippen LogP contribution in [0.1, 0.15) is 32.1 Å². The van der Waals surface area contributed by atoms with Gasteiger partial charge in [0.1, 0.15) is 11.5 Å². The second-order valence-corrected chi connectivity index (χ2v) is 9.79. The maximum absolute atomic E-state index is 13.9. The van der Waals surface area contributed by atoms with Crippen molar-refractivity contribution in [3.63, 3.8) is 0 Å². The minimum atomic E-state index is -3.85. The number of rotatable bonds is 2. The summed E-state index contributed by atoms with van der Waals surface area (Å²) in [5.41, 5.74) is 1.80. The Labute approximate surface area is 181 Å². The van der Waals surface area contributed by atoms with Crippen molar-refractivity contribution in [2.75, 3.05) is 0 Å². The maximum atomic E-state index is 13.9. The Morgan fingerprint density at radius 3 is 1.74 bits per heavy atom. The topological polar surface area (TPSA) is 44.8 Å². The van der Waals surface area contributed by atoms with Crippen LogP contribution in [0.25, 0.3) is 32.7 Å². The molecule has 4 nitrogen and oxygen atoms in total. The third-order valence-corrected chi connectivity index (χ3v) is 7.68. The van der Waals surface area contributed by atoms with Crippen LogP contribution in [0.15, 0.2) is 72.8 Å². The van der Waals surface area contributed by atoms with Gasteiger partial charge >= 0.3 is 7.82 Å². The van der Waals surface area contributed by atoms with E-state index in [2.05, 4.69) is 24.3 Å². The lowest BCUT2D eigenvalue weighted by Crippen LogP contribution is -2.18. The molecule has 0 atom stereocenters. The highest BCUT2D eigenvalue weighted by Crippen LogP contribution is 2.60. The number of hydrogen-bond acceptors (Lipinski definition) is 4. The standard InChI is InChI=1S/C26H23O4P/c27-31(28-20-10-2-1-3-11-20)29-23-16-14-18-8-4-6-12-21(18)25(23)26-22-13-7-5-9-19(22)15-17-24(26)30-31/h4-9,12-17,20H,1-3,10-11H2. The van der Waals surface area contributed by atoms with E-state index < -0.39 is 7.82 Å². The third-order valence-electron chi connectivity index (χ3n) is 6.28. The molecule has 4 aromatic rings. The van der Waals surface area contributed by atoms with Crippen LogP contribution >= 0.6 is 7.82 Å². The van der Waals surface area contributed by atoms with Gasteiger partial charge in [0.05, 0.1) is 6.10 Å². The Balaban J connectivity index is 1.61. The first-order valence-electron chi connectivity index (χ1n) is 10.9. The molecule has 6 rings (SSSR count). The van der Waals surface area contributed by atoms with E-state index in [-0.39, 0.29) is 6.10 Å². The molecule has 0 N–H and O–H groups in total. The molecule has 0 unspecified atom stereocenters. The zero-order valence-electron chi connectivity index (χ0n) is 17.1. The average Bonchev–Trinajstić information content (AvgIpc) is 2.93. The van der Waals surface area contributed by atoms with Gasteiger partial charge in [-0.2, -0.15) is 0 Å². The third kappa shape index (κ3) is 3.31. The van der Waals surface area contributed by atoms with Gasteiger partial charge in [-0.15, -0.1) is 0 Å². The van der Waals surface area contributed by atoms with Crippen molar-refractivity contribution in [1.29, 1.82) is 0 Å². The molecule has 31 heavy (non-hydrogen) atoms. The van der Waals surface area contributed by atoms with Gasteiger partial charge in [0.25, 0.3) is 0 Å². The van der Waals surface area contributed by atoms with E-state index in [0.717, 1.165) is 58.4 Å². The second kappa shape index (κ2) is 7.40. The van der Waals surface area contributed by atoms with Crippen LogP contribution in [0, 0.1) is 0 Å². The molecule has 1 saturated carbocycles. The van der Waals surface area contributed by atoms with Crippen molar-refractivity contribution in [2.45, 2.75) is 38.2 Å². The van der Waals surface area contributed by atoms with E-state index in [1.54, 1.807) is 0 Å². The van der Waals surface area contributed by atoms with E-state index in [1.165, 1.54) is 6.42 Å². The number of fused-ring (bicyclic) bond motifs is 7. The molecule has 156 valence electrons. The van der Waals surface area contributed by atoms with Gasteiger partial charge in [-0.3, -0.25) is 4.52 Å². The lowest BCUT2D eigenvalue weighted by molar-refractivity contribution is 0.112. The molecule has 0 spiro atoms. The molecule has 0 saturated heterocycles. The van der Waals surface area contributed by atoms with Crippen molar-refractivity contribution in [3.8, 4) is 22.6 Å². The fourth-order valence-electron chi connectivity index (χ4n) is 4.83. The highest BCUT2D eigenvalue weighted by Gasteiger charge is 2.39. The first-order chi connectivity index (χ1) is 15.2. The van der Waals surface area contributed by atoms with Gasteiger partial charge < -0.3 is 9.05 Å². The summed E-state index contributed by atoms with van der Waals surface area (Å²) in [5, 5.41) is 4.25. The molecule has 0 amide bonds. The normalized spacial score (nSPS) is 17.9. The Morgan fingerprint density at radius 2 is 1.19 bits per heavy atom. The fourth-order valence-corrected chi connectivity index (χ4v) is 6.31. The minimum Gasteiger partial charge on any atom is -0.394 e. The predicted octanol–water partition coefficient (Wildman–Crippen LogP) is 7.89. The van der Waals surface area contributed by atoms with Gasteiger partial charge in [0.15, 0.2) is 0 Å². The van der Waals surface area contributed by atoms with Gasteiger partial charge in [-0.05, 0) is 46.5 Å². The van der Waals surface area contributed by atoms with Gasteiger partial charge in [-0.1, -0.05) is 79.9 Å². The minimum absolute atomic E-state index is 0.106. The lowest BCUT2D eigenvalue weighted by Gasteiger charge is -2.25. The molecular formula is C26H23O4P. The second-order valence-electron chi connectivity index (χ2n) is 8.31. The summed E-state index contributed by atoms with van der Waals surface area (Å²) >= 11 is 0. The highest BCUT2D eigenvalue weighted by atomic mass is 31.2. The van der Waals surface area contributed by atoms with Crippen LogP contribution in [0.2, 0.25) is 0 Å². The SMILES string of the molecule is O=P1(OC2CCCCC2)Oc2ccc3ccccc3c2-c2c(ccc3ccccc23)O1. The van der Waals surface area contributed by atoms with E-state index >= 15 is 0 Å². The van der Waals surface area contributed by atoms with E-state index in [9.17, 15) is 4.57 Å². The Bertz CT molecular complexity index is 1250. The largest absolute Gasteiger partial charge is 0.587 e. The summed E-state index contributed by atoms with van der Waals surface area (Å²) in [5.74, 6) is 1.07. The zero-order valence-corrected chi connectivity index (χ0v) is 18.0. The monoisotopic (exact) mass is 430 g/mol. The molecular weight excluding hydrogens is 407 g/mol. The smallest absolute Gasteiger partial charge is 0.394 e. The van der Waals surface area contributed by atoms with Crippen molar-refractivity contribution in [2.24, 2.45) is 0 Å². The average molecular weight is 430 g/mol. The van der Waals surface area contributed by atoms with Crippen LogP contribution < -0.4 is 9.05 Å².